The second-order valence-electron chi connectivity index (χ2n) is 5.63. The van der Waals surface area contributed by atoms with Crippen molar-refractivity contribution in [3.63, 3.8) is 0 Å². The van der Waals surface area contributed by atoms with Crippen LogP contribution in [0.3, 0.4) is 0 Å². The van der Waals surface area contributed by atoms with Crippen LogP contribution >= 0.6 is 31.9 Å². The molecule has 1 aliphatic carbocycles. The van der Waals surface area contributed by atoms with Crippen LogP contribution in [-0.2, 0) is 4.79 Å². The number of halogens is 2. The number of allylic oxidation sites excluding steroid dienone is 3. The molecule has 0 heterocycles. The third kappa shape index (κ3) is 3.22. The lowest BCUT2D eigenvalue weighted by atomic mass is 9.88. The lowest BCUT2D eigenvalue weighted by molar-refractivity contribution is -0.114. The van der Waals surface area contributed by atoms with Gasteiger partial charge in [0.2, 0.25) is 17.3 Å². The molecule has 0 fully saturated rings. The predicted octanol–water partition coefficient (Wildman–Crippen LogP) is 4.56. The number of phenolic OH excluding ortho intramolecular Hbond substituents is 3. The first-order valence-electron chi connectivity index (χ1n) is 7.52. The maximum Gasteiger partial charge on any atom is 0.231 e. The molecule has 3 rings (SSSR count). The summed E-state index contributed by atoms with van der Waals surface area (Å²) in [6.07, 6.45) is 1.30. The quantitative estimate of drug-likeness (QED) is 0.308. The Kier molecular flexibility index (Phi) is 5.03. The van der Waals surface area contributed by atoms with E-state index in [1.54, 1.807) is 30.3 Å². The number of ketones is 1. The lowest BCUT2D eigenvalue weighted by Crippen LogP contribution is -2.14. The Balaban J connectivity index is 2.43. The fourth-order valence-electron chi connectivity index (χ4n) is 2.66. The van der Waals surface area contributed by atoms with E-state index in [0.717, 1.165) is 0 Å². The molecule has 27 heavy (non-hydrogen) atoms. The number of rotatable bonds is 2. The number of hydrogen-bond acceptors (Lipinski definition) is 6. The molecule has 0 radical (unpaired) electrons. The van der Waals surface area contributed by atoms with Gasteiger partial charge in [-0.25, -0.2) is 0 Å². The number of carbonyl (C=O) groups is 1. The van der Waals surface area contributed by atoms with E-state index in [4.69, 9.17) is 0 Å². The molecular weight excluding hydrogens is 484 g/mol. The Labute approximate surface area is 170 Å². The van der Waals surface area contributed by atoms with Crippen molar-refractivity contribution < 1.29 is 30.3 Å². The lowest BCUT2D eigenvalue weighted by Gasteiger charge is -2.19. The van der Waals surface area contributed by atoms with E-state index in [1.807, 2.05) is 0 Å². The van der Waals surface area contributed by atoms with Crippen molar-refractivity contribution in [1.82, 2.24) is 0 Å². The summed E-state index contributed by atoms with van der Waals surface area (Å²) in [6, 6.07) is 9.86. The molecule has 2 aromatic carbocycles. The molecule has 0 amide bonds. The fraction of sp³-hybridized carbons (Fsp3) is 0. The minimum atomic E-state index is -0.863. The summed E-state index contributed by atoms with van der Waals surface area (Å²) in [4.78, 5) is 12.6. The summed E-state index contributed by atoms with van der Waals surface area (Å²) in [7, 11) is 0. The van der Waals surface area contributed by atoms with Gasteiger partial charge in [-0.05, 0) is 49.6 Å². The Morgan fingerprint density at radius 2 is 1.44 bits per heavy atom. The van der Waals surface area contributed by atoms with Gasteiger partial charge in [0, 0.05) is 16.7 Å². The zero-order valence-corrected chi connectivity index (χ0v) is 16.6. The minimum Gasteiger partial charge on any atom is -0.504 e. The van der Waals surface area contributed by atoms with Crippen LogP contribution in [0.5, 0.6) is 17.2 Å². The molecule has 0 aromatic heterocycles. The first-order valence-corrected chi connectivity index (χ1v) is 9.10. The molecule has 0 unspecified atom stereocenters. The van der Waals surface area contributed by atoms with Crippen molar-refractivity contribution in [2.24, 2.45) is 0 Å². The van der Waals surface area contributed by atoms with Crippen LogP contribution in [0.25, 0.3) is 5.57 Å². The highest BCUT2D eigenvalue weighted by atomic mass is 79.9. The maximum absolute atomic E-state index is 12.6. The third-order valence-corrected chi connectivity index (χ3v) is 5.19. The van der Waals surface area contributed by atoms with Gasteiger partial charge in [0.1, 0.15) is 0 Å². The molecule has 0 bridgehead atoms. The van der Waals surface area contributed by atoms with Gasteiger partial charge in [-0.3, -0.25) is 4.79 Å². The molecule has 0 aliphatic heterocycles. The molecule has 2 aromatic rings. The standard InChI is InChI=1S/C19H12Br2O6/c20-11-6-9(14(22)18(26)16(11)24)13(8-4-2-1-3-5-8)10-7-12(21)17(25)19(27)15(10)23/h1-7,22,24-27H. The number of aliphatic hydroxyl groups excluding tert-OH is 2. The zero-order valence-electron chi connectivity index (χ0n) is 13.4. The van der Waals surface area contributed by atoms with E-state index in [-0.39, 0.29) is 25.7 Å². The van der Waals surface area contributed by atoms with Crippen LogP contribution in [0.4, 0.5) is 0 Å². The first kappa shape index (κ1) is 19.1. The smallest absolute Gasteiger partial charge is 0.231 e. The van der Waals surface area contributed by atoms with Crippen molar-refractivity contribution in [2.75, 3.05) is 0 Å². The highest BCUT2D eigenvalue weighted by Gasteiger charge is 2.30. The summed E-state index contributed by atoms with van der Waals surface area (Å²) in [5.74, 6) is -4.28. The van der Waals surface area contributed by atoms with E-state index in [1.165, 1.54) is 12.1 Å². The number of phenols is 3. The normalized spacial score (nSPS) is 16.4. The van der Waals surface area contributed by atoms with Crippen molar-refractivity contribution in [3.8, 4) is 17.2 Å². The molecule has 0 spiro atoms. The van der Waals surface area contributed by atoms with Crippen molar-refractivity contribution in [2.45, 2.75) is 0 Å². The Bertz CT molecular complexity index is 1050. The van der Waals surface area contributed by atoms with Crippen molar-refractivity contribution in [1.29, 1.82) is 0 Å². The van der Waals surface area contributed by atoms with Gasteiger partial charge in [-0.15, -0.1) is 0 Å². The summed E-state index contributed by atoms with van der Waals surface area (Å²) in [6.45, 7) is 0. The van der Waals surface area contributed by atoms with Gasteiger partial charge in [0.05, 0.1) is 8.96 Å². The Morgan fingerprint density at radius 1 is 0.815 bits per heavy atom. The highest BCUT2D eigenvalue weighted by molar-refractivity contribution is 9.12. The van der Waals surface area contributed by atoms with Crippen LogP contribution in [0.2, 0.25) is 0 Å². The third-order valence-electron chi connectivity index (χ3n) is 3.98. The van der Waals surface area contributed by atoms with E-state index in [0.29, 0.717) is 5.56 Å². The Morgan fingerprint density at radius 3 is 2.07 bits per heavy atom. The zero-order chi connectivity index (χ0) is 19.9. The Hall–Kier alpha value is -2.71. The van der Waals surface area contributed by atoms with Crippen LogP contribution in [0, 0.1) is 0 Å². The average Bonchev–Trinajstić information content (AvgIpc) is 2.67. The van der Waals surface area contributed by atoms with Crippen LogP contribution in [-0.4, -0.2) is 31.3 Å². The fourth-order valence-corrected chi connectivity index (χ4v) is 3.50. The van der Waals surface area contributed by atoms with Gasteiger partial charge in [0.15, 0.2) is 17.3 Å². The van der Waals surface area contributed by atoms with Crippen molar-refractivity contribution >= 4 is 43.2 Å². The predicted molar refractivity (Wildman–Crippen MR) is 106 cm³/mol. The maximum atomic E-state index is 12.6. The first-order chi connectivity index (χ1) is 12.7. The molecule has 1 aliphatic rings. The monoisotopic (exact) mass is 494 g/mol. The average molecular weight is 496 g/mol. The number of hydrogen-bond donors (Lipinski definition) is 5. The number of aliphatic hydroxyl groups is 2. The van der Waals surface area contributed by atoms with Gasteiger partial charge in [0.25, 0.3) is 0 Å². The number of aromatic hydroxyl groups is 3. The van der Waals surface area contributed by atoms with E-state index in [9.17, 15) is 30.3 Å². The number of Topliss-reactive ketones (excluding diaryl/α,β-unsaturated/α-hetero) is 1. The number of benzene rings is 2. The molecule has 138 valence electrons. The topological polar surface area (TPSA) is 118 Å². The van der Waals surface area contributed by atoms with E-state index < -0.39 is 34.6 Å². The molecule has 0 atom stereocenters. The largest absolute Gasteiger partial charge is 0.504 e. The summed E-state index contributed by atoms with van der Waals surface area (Å²) < 4.78 is 0.167. The minimum absolute atomic E-state index is 0.0318. The van der Waals surface area contributed by atoms with Crippen LogP contribution < -0.4 is 0 Å². The van der Waals surface area contributed by atoms with Gasteiger partial charge in [-0.1, -0.05) is 30.3 Å². The summed E-state index contributed by atoms with van der Waals surface area (Å²) in [5, 5.41) is 50.0. The molecule has 0 saturated carbocycles. The van der Waals surface area contributed by atoms with Crippen LogP contribution in [0.1, 0.15) is 11.1 Å². The van der Waals surface area contributed by atoms with Gasteiger partial charge in [-0.2, -0.15) is 0 Å². The highest BCUT2D eigenvalue weighted by Crippen LogP contribution is 2.47. The SMILES string of the molecule is O=C1C(O)=C(O)C(Br)=CC1=C(c1ccccc1)c1cc(Br)c(O)c(O)c1O. The molecule has 0 saturated heterocycles. The van der Waals surface area contributed by atoms with Crippen LogP contribution in [0.15, 0.2) is 68.5 Å². The molecule has 6 nitrogen and oxygen atoms in total. The van der Waals surface area contributed by atoms with Gasteiger partial charge >= 0.3 is 0 Å². The van der Waals surface area contributed by atoms with E-state index >= 15 is 0 Å². The summed E-state index contributed by atoms with van der Waals surface area (Å²) >= 11 is 6.17. The van der Waals surface area contributed by atoms with E-state index in [2.05, 4.69) is 31.9 Å². The van der Waals surface area contributed by atoms with Gasteiger partial charge < -0.3 is 25.5 Å². The molecule has 8 heteroatoms. The summed E-state index contributed by atoms with van der Waals surface area (Å²) in [5.41, 5.74) is 0.692. The van der Waals surface area contributed by atoms with Crippen molar-refractivity contribution in [3.05, 3.63) is 79.6 Å². The molecular formula is C19H12Br2O6. The second-order valence-corrected chi connectivity index (χ2v) is 7.33. The number of carbonyl (C=O) groups excluding carboxylic acids is 1. The molecule has 5 N–H and O–H groups in total. The second kappa shape index (κ2) is 7.13.